The number of hydrogen-bond donors (Lipinski definition) is 0. The maximum Gasteiger partial charge on any atom is 0.410 e. The summed E-state index contributed by atoms with van der Waals surface area (Å²) in [4.78, 5) is 26.4. The Morgan fingerprint density at radius 1 is 1.30 bits per heavy atom. The Labute approximate surface area is 182 Å². The van der Waals surface area contributed by atoms with E-state index in [1.807, 2.05) is 36.4 Å². The molecule has 0 N–H and O–H groups in total. The summed E-state index contributed by atoms with van der Waals surface area (Å²) in [5.74, 6) is -0.712. The minimum atomic E-state index is -1.30. The molecule has 2 unspecified atom stereocenters. The van der Waals surface area contributed by atoms with Gasteiger partial charge in [0.1, 0.15) is 24.5 Å². The summed E-state index contributed by atoms with van der Waals surface area (Å²) in [7, 11) is 0. The van der Waals surface area contributed by atoms with E-state index in [1.54, 1.807) is 6.92 Å². The summed E-state index contributed by atoms with van der Waals surface area (Å²) in [5, 5.41) is 9.43. The number of nitriles is 1. The fourth-order valence-electron chi connectivity index (χ4n) is 3.41. The number of esters is 1. The van der Waals surface area contributed by atoms with Gasteiger partial charge in [0.15, 0.2) is 0 Å². The van der Waals surface area contributed by atoms with Gasteiger partial charge in [-0.05, 0) is 34.8 Å². The van der Waals surface area contributed by atoms with Crippen LogP contribution in [0.5, 0.6) is 0 Å². The van der Waals surface area contributed by atoms with E-state index in [2.05, 4.69) is 15.9 Å². The molecule has 9 heteroatoms. The first-order valence-corrected chi connectivity index (χ1v) is 10.3. The van der Waals surface area contributed by atoms with Crippen LogP contribution in [-0.4, -0.2) is 47.4 Å². The molecular formula is C21H21BrFN3O4. The second-order valence-electron chi connectivity index (χ2n) is 6.80. The number of alkyl halides is 1. The number of aromatic nitrogens is 1. The van der Waals surface area contributed by atoms with E-state index >= 15 is 0 Å². The van der Waals surface area contributed by atoms with Crippen molar-refractivity contribution in [3.8, 4) is 6.07 Å². The van der Waals surface area contributed by atoms with Gasteiger partial charge < -0.3 is 18.9 Å². The van der Waals surface area contributed by atoms with Gasteiger partial charge in [-0.3, -0.25) is 0 Å². The topological polar surface area (TPSA) is 84.6 Å². The summed E-state index contributed by atoms with van der Waals surface area (Å²) in [6.45, 7) is 2.09. The van der Waals surface area contributed by atoms with Crippen LogP contribution in [0.3, 0.4) is 0 Å². The van der Waals surface area contributed by atoms with Gasteiger partial charge in [0, 0.05) is 19.3 Å². The van der Waals surface area contributed by atoms with Crippen molar-refractivity contribution in [2.75, 3.05) is 19.7 Å². The number of piperidine rings is 1. The Morgan fingerprint density at radius 3 is 2.70 bits per heavy atom. The number of ether oxygens (including phenoxy) is 2. The van der Waals surface area contributed by atoms with Crippen molar-refractivity contribution in [1.82, 2.24) is 9.47 Å². The number of hydrogen-bond acceptors (Lipinski definition) is 5. The molecule has 1 amide bonds. The van der Waals surface area contributed by atoms with Gasteiger partial charge in [-0.15, -0.1) is 0 Å². The third kappa shape index (κ3) is 4.65. The second kappa shape index (κ2) is 9.76. The average Bonchev–Trinajstić information content (AvgIpc) is 3.09. The zero-order chi connectivity index (χ0) is 21.7. The highest BCUT2D eigenvalue weighted by atomic mass is 79.9. The van der Waals surface area contributed by atoms with E-state index in [0.717, 1.165) is 5.56 Å². The summed E-state index contributed by atoms with van der Waals surface area (Å²) < 4.78 is 27.0. The lowest BCUT2D eigenvalue weighted by atomic mass is 10.0. The fourth-order valence-corrected chi connectivity index (χ4v) is 3.91. The number of benzene rings is 1. The van der Waals surface area contributed by atoms with Crippen molar-refractivity contribution in [3.63, 3.8) is 0 Å². The maximum atomic E-state index is 14.8. The summed E-state index contributed by atoms with van der Waals surface area (Å²) in [6, 6.07) is 10.4. The number of halogens is 2. The average molecular weight is 478 g/mol. The Bertz CT molecular complexity index is 957. The fraction of sp³-hybridized carbons (Fsp3) is 0.381. The molecule has 3 rings (SSSR count). The number of amides is 1. The molecule has 2 atom stereocenters. The highest BCUT2D eigenvalue weighted by Crippen LogP contribution is 2.32. The van der Waals surface area contributed by atoms with Crippen LogP contribution in [0.1, 0.15) is 41.0 Å². The molecule has 0 bridgehead atoms. The van der Waals surface area contributed by atoms with Gasteiger partial charge in [-0.1, -0.05) is 30.3 Å². The van der Waals surface area contributed by atoms with Gasteiger partial charge in [0.25, 0.3) is 0 Å². The van der Waals surface area contributed by atoms with Crippen LogP contribution in [0.25, 0.3) is 0 Å². The normalized spacial score (nSPS) is 18.5. The maximum absolute atomic E-state index is 14.8. The lowest BCUT2D eigenvalue weighted by Gasteiger charge is -2.35. The van der Waals surface area contributed by atoms with Crippen molar-refractivity contribution < 1.29 is 23.5 Å². The first-order chi connectivity index (χ1) is 14.5. The van der Waals surface area contributed by atoms with Crippen LogP contribution in [0.15, 0.2) is 41.0 Å². The molecule has 1 aliphatic rings. The molecule has 158 valence electrons. The highest BCUT2D eigenvalue weighted by molar-refractivity contribution is 9.10. The standard InChI is InChI=1S/C21H21BrFN3O4/c1-2-29-20(27)19-15(10-24)16(22)11-26(19)18-12-25(9-8-17(18)23)21(28)30-13-14-6-4-3-5-7-14/h3-7,11,17-18H,2,8-9,12-13H2,1H3. The summed E-state index contributed by atoms with van der Waals surface area (Å²) in [6.07, 6.45) is -0.284. The summed E-state index contributed by atoms with van der Waals surface area (Å²) in [5.41, 5.74) is 0.892. The molecule has 7 nitrogen and oxygen atoms in total. The van der Waals surface area contributed by atoms with Gasteiger partial charge >= 0.3 is 12.1 Å². The van der Waals surface area contributed by atoms with Crippen LogP contribution in [0, 0.1) is 11.3 Å². The van der Waals surface area contributed by atoms with Crippen molar-refractivity contribution in [3.05, 3.63) is 57.8 Å². The van der Waals surface area contributed by atoms with Crippen LogP contribution in [0.4, 0.5) is 9.18 Å². The number of rotatable bonds is 5. The minimum Gasteiger partial charge on any atom is -0.461 e. The molecule has 0 spiro atoms. The molecule has 1 saturated heterocycles. The van der Waals surface area contributed by atoms with E-state index in [4.69, 9.17) is 9.47 Å². The predicted molar refractivity (Wildman–Crippen MR) is 110 cm³/mol. The molecule has 30 heavy (non-hydrogen) atoms. The zero-order valence-electron chi connectivity index (χ0n) is 16.4. The van der Waals surface area contributed by atoms with Gasteiger partial charge in [-0.25, -0.2) is 14.0 Å². The molecule has 0 saturated carbocycles. The Balaban J connectivity index is 1.80. The third-order valence-electron chi connectivity index (χ3n) is 4.89. The molecule has 2 aromatic rings. The SMILES string of the molecule is CCOC(=O)c1c(C#N)c(Br)cn1C1CN(C(=O)OCc2ccccc2)CCC1F. The number of carbonyl (C=O) groups excluding carboxylic acids is 2. The smallest absolute Gasteiger partial charge is 0.410 e. The minimum absolute atomic E-state index is 0.00713. The molecule has 0 radical (unpaired) electrons. The van der Waals surface area contributed by atoms with Crippen LogP contribution >= 0.6 is 15.9 Å². The molecule has 1 aromatic carbocycles. The van der Waals surface area contributed by atoms with Crippen molar-refractivity contribution in [2.45, 2.75) is 32.2 Å². The molecular weight excluding hydrogens is 457 g/mol. The number of nitrogens with zero attached hydrogens (tertiary/aromatic N) is 3. The van der Waals surface area contributed by atoms with Crippen molar-refractivity contribution in [1.29, 1.82) is 5.26 Å². The first kappa shape index (κ1) is 21.8. The van der Waals surface area contributed by atoms with Crippen molar-refractivity contribution in [2.24, 2.45) is 0 Å². The lowest BCUT2D eigenvalue weighted by molar-refractivity contribution is 0.0464. The van der Waals surface area contributed by atoms with E-state index in [0.29, 0.717) is 4.47 Å². The monoisotopic (exact) mass is 477 g/mol. The Kier molecular flexibility index (Phi) is 7.11. The van der Waals surface area contributed by atoms with Gasteiger partial charge in [0.05, 0.1) is 22.7 Å². The molecule has 1 aliphatic heterocycles. The van der Waals surface area contributed by atoms with E-state index in [1.165, 1.54) is 15.7 Å². The lowest BCUT2D eigenvalue weighted by Crippen LogP contribution is -2.46. The third-order valence-corrected chi connectivity index (χ3v) is 5.49. The molecule has 0 aliphatic carbocycles. The Morgan fingerprint density at radius 2 is 2.03 bits per heavy atom. The molecule has 1 fully saturated rings. The van der Waals surface area contributed by atoms with E-state index < -0.39 is 24.3 Å². The quantitative estimate of drug-likeness (QED) is 0.601. The van der Waals surface area contributed by atoms with Gasteiger partial charge in [-0.2, -0.15) is 5.26 Å². The van der Waals surface area contributed by atoms with Gasteiger partial charge in [0.2, 0.25) is 0 Å². The highest BCUT2D eigenvalue weighted by Gasteiger charge is 2.37. The predicted octanol–water partition coefficient (Wildman–Crippen LogP) is 4.22. The molecule has 1 aromatic heterocycles. The first-order valence-electron chi connectivity index (χ1n) is 9.53. The molecule has 2 heterocycles. The zero-order valence-corrected chi connectivity index (χ0v) is 18.0. The Hall–Kier alpha value is -2.86. The van der Waals surface area contributed by atoms with E-state index in [-0.39, 0.29) is 44.0 Å². The number of carbonyl (C=O) groups is 2. The largest absolute Gasteiger partial charge is 0.461 e. The number of likely N-dealkylation sites (tertiary alicyclic amines) is 1. The van der Waals surface area contributed by atoms with Crippen LogP contribution in [0.2, 0.25) is 0 Å². The second-order valence-corrected chi connectivity index (χ2v) is 7.65. The van der Waals surface area contributed by atoms with E-state index in [9.17, 15) is 19.2 Å². The summed E-state index contributed by atoms with van der Waals surface area (Å²) >= 11 is 3.25. The van der Waals surface area contributed by atoms with Crippen LogP contribution < -0.4 is 0 Å². The van der Waals surface area contributed by atoms with Crippen LogP contribution in [-0.2, 0) is 16.1 Å². The van der Waals surface area contributed by atoms with Crippen molar-refractivity contribution >= 4 is 28.0 Å².